The number of carbonyl (C=O) groups is 2. The average Bonchev–Trinajstić information content (AvgIpc) is 2.70. The number of carboxylic acids is 1. The highest BCUT2D eigenvalue weighted by atomic mass is 79.9. The van der Waals surface area contributed by atoms with Crippen LogP contribution in [0.3, 0.4) is 0 Å². The zero-order valence-corrected chi connectivity index (χ0v) is 17.0. The third-order valence-electron chi connectivity index (χ3n) is 3.64. The topological polar surface area (TPSA) is 109 Å². The number of nitriles is 1. The fourth-order valence-electron chi connectivity index (χ4n) is 2.35. The highest BCUT2D eigenvalue weighted by Crippen LogP contribution is 2.37. The number of hydrogen-bond acceptors (Lipinski definition) is 5. The van der Waals surface area contributed by atoms with Crippen molar-refractivity contribution in [3.8, 4) is 17.6 Å². The third-order valence-corrected chi connectivity index (χ3v) is 4.23. The fourth-order valence-corrected chi connectivity index (χ4v) is 2.92. The van der Waals surface area contributed by atoms with Gasteiger partial charge in [-0.25, -0.2) is 4.79 Å². The Morgan fingerprint density at radius 2 is 2.10 bits per heavy atom. The van der Waals surface area contributed by atoms with Gasteiger partial charge in [-0.05, 0) is 57.9 Å². The van der Waals surface area contributed by atoms with Gasteiger partial charge in [-0.2, -0.15) is 5.26 Å². The molecule has 2 aromatic rings. The van der Waals surface area contributed by atoms with E-state index in [1.54, 1.807) is 18.2 Å². The maximum Gasteiger partial charge on any atom is 0.335 e. The molecule has 2 N–H and O–H groups in total. The van der Waals surface area contributed by atoms with Crippen LogP contribution >= 0.6 is 15.9 Å². The van der Waals surface area contributed by atoms with Gasteiger partial charge in [0.15, 0.2) is 11.5 Å². The molecule has 0 radical (unpaired) electrons. The minimum atomic E-state index is -1.12. The number of methoxy groups -OCH3 is 1. The molecule has 8 heteroatoms. The quantitative estimate of drug-likeness (QED) is 0.348. The first-order chi connectivity index (χ1) is 13.9. The number of rotatable bonds is 8. The zero-order chi connectivity index (χ0) is 21.4. The van der Waals surface area contributed by atoms with Crippen LogP contribution in [0, 0.1) is 11.3 Å². The summed E-state index contributed by atoms with van der Waals surface area (Å²) in [7, 11) is 1.48. The van der Waals surface area contributed by atoms with Gasteiger partial charge in [-0.3, -0.25) is 4.79 Å². The van der Waals surface area contributed by atoms with Gasteiger partial charge in [0, 0.05) is 5.69 Å². The van der Waals surface area contributed by atoms with E-state index in [-0.39, 0.29) is 23.4 Å². The summed E-state index contributed by atoms with van der Waals surface area (Å²) in [6.45, 7) is 3.88. The molecule has 0 unspecified atom stereocenters. The summed E-state index contributed by atoms with van der Waals surface area (Å²) in [6.07, 6.45) is 2.98. The molecule has 0 aliphatic heterocycles. The van der Waals surface area contributed by atoms with Crippen LogP contribution in [0.25, 0.3) is 6.08 Å². The highest BCUT2D eigenvalue weighted by molar-refractivity contribution is 9.10. The molecule has 0 atom stereocenters. The molecule has 0 saturated heterocycles. The van der Waals surface area contributed by atoms with Gasteiger partial charge in [0.25, 0.3) is 5.91 Å². The van der Waals surface area contributed by atoms with Crippen LogP contribution < -0.4 is 14.8 Å². The monoisotopic (exact) mass is 456 g/mol. The third kappa shape index (κ3) is 5.70. The minimum absolute atomic E-state index is 0.0223. The molecule has 0 aliphatic carbocycles. The van der Waals surface area contributed by atoms with E-state index in [1.807, 2.05) is 6.07 Å². The zero-order valence-electron chi connectivity index (χ0n) is 15.4. The van der Waals surface area contributed by atoms with Crippen molar-refractivity contribution in [1.29, 1.82) is 5.26 Å². The molecule has 1 amide bonds. The summed E-state index contributed by atoms with van der Waals surface area (Å²) in [5.41, 5.74) is 0.655. The van der Waals surface area contributed by atoms with Crippen LogP contribution in [-0.4, -0.2) is 30.7 Å². The van der Waals surface area contributed by atoms with Crippen molar-refractivity contribution in [1.82, 2.24) is 0 Å². The number of aromatic carboxylic acids is 1. The van der Waals surface area contributed by atoms with Gasteiger partial charge in [0.1, 0.15) is 18.2 Å². The Labute approximate surface area is 176 Å². The maximum atomic E-state index is 12.4. The average molecular weight is 457 g/mol. The predicted octanol–water partition coefficient (Wildman–Crippen LogP) is 4.27. The Morgan fingerprint density at radius 1 is 1.34 bits per heavy atom. The Bertz CT molecular complexity index is 1020. The van der Waals surface area contributed by atoms with Crippen LogP contribution in [0.5, 0.6) is 11.5 Å². The molecule has 0 fully saturated rings. The van der Waals surface area contributed by atoms with Crippen molar-refractivity contribution < 1.29 is 24.2 Å². The summed E-state index contributed by atoms with van der Waals surface area (Å²) in [4.78, 5) is 23.5. The van der Waals surface area contributed by atoms with E-state index >= 15 is 0 Å². The van der Waals surface area contributed by atoms with Crippen LogP contribution in [0.2, 0.25) is 0 Å². The molecule has 7 nitrogen and oxygen atoms in total. The molecule has 29 heavy (non-hydrogen) atoms. The Kier molecular flexibility index (Phi) is 7.57. The molecular weight excluding hydrogens is 440 g/mol. The van der Waals surface area contributed by atoms with E-state index in [9.17, 15) is 14.9 Å². The highest BCUT2D eigenvalue weighted by Gasteiger charge is 2.14. The molecular formula is C21H17BrN2O5. The van der Waals surface area contributed by atoms with Gasteiger partial charge in [-0.15, -0.1) is 0 Å². The second kappa shape index (κ2) is 10.1. The van der Waals surface area contributed by atoms with Gasteiger partial charge < -0.3 is 19.9 Å². The first kappa shape index (κ1) is 21.7. The summed E-state index contributed by atoms with van der Waals surface area (Å²) in [6, 6.07) is 10.9. The van der Waals surface area contributed by atoms with E-state index in [1.165, 1.54) is 37.5 Å². The largest absolute Gasteiger partial charge is 0.493 e. The van der Waals surface area contributed by atoms with E-state index in [0.29, 0.717) is 21.5 Å². The predicted molar refractivity (Wildman–Crippen MR) is 112 cm³/mol. The molecule has 2 rings (SSSR count). The molecule has 2 aromatic carbocycles. The van der Waals surface area contributed by atoms with Crippen molar-refractivity contribution in [3.63, 3.8) is 0 Å². The number of amides is 1. The summed E-state index contributed by atoms with van der Waals surface area (Å²) in [5, 5.41) is 20.9. The number of carboxylic acid groups (broad SMARTS) is 1. The minimum Gasteiger partial charge on any atom is -0.493 e. The summed E-state index contributed by atoms with van der Waals surface area (Å²) in [5.74, 6) is -0.901. The number of carbonyl (C=O) groups excluding carboxylic acids is 1. The second-order valence-electron chi connectivity index (χ2n) is 5.64. The number of ether oxygens (including phenoxy) is 2. The van der Waals surface area contributed by atoms with Crippen LogP contribution in [-0.2, 0) is 4.79 Å². The van der Waals surface area contributed by atoms with Crippen molar-refractivity contribution in [2.45, 2.75) is 0 Å². The number of nitrogens with one attached hydrogen (secondary N) is 1. The number of halogens is 1. The lowest BCUT2D eigenvalue weighted by Gasteiger charge is -2.12. The Morgan fingerprint density at radius 3 is 2.72 bits per heavy atom. The smallest absolute Gasteiger partial charge is 0.335 e. The van der Waals surface area contributed by atoms with Gasteiger partial charge in [-0.1, -0.05) is 18.7 Å². The fraction of sp³-hybridized carbons (Fsp3) is 0.0952. The lowest BCUT2D eigenvalue weighted by Crippen LogP contribution is -2.14. The van der Waals surface area contributed by atoms with E-state index in [4.69, 9.17) is 14.6 Å². The number of benzene rings is 2. The Balaban J connectivity index is 2.31. The summed E-state index contributed by atoms with van der Waals surface area (Å²) >= 11 is 3.39. The number of nitrogens with zero attached hydrogens (tertiary/aromatic N) is 1. The molecule has 0 aliphatic rings. The van der Waals surface area contributed by atoms with Crippen LogP contribution in [0.1, 0.15) is 15.9 Å². The summed E-state index contributed by atoms with van der Waals surface area (Å²) < 4.78 is 11.4. The number of hydrogen-bond donors (Lipinski definition) is 2. The normalized spacial score (nSPS) is 10.6. The van der Waals surface area contributed by atoms with Gasteiger partial charge in [0.2, 0.25) is 0 Å². The first-order valence-electron chi connectivity index (χ1n) is 8.27. The lowest BCUT2D eigenvalue weighted by molar-refractivity contribution is -0.112. The van der Waals surface area contributed by atoms with E-state index in [0.717, 1.165) is 0 Å². The van der Waals surface area contributed by atoms with Gasteiger partial charge in [0.05, 0.1) is 17.1 Å². The molecule has 0 aromatic heterocycles. The van der Waals surface area contributed by atoms with Crippen molar-refractivity contribution in [2.75, 3.05) is 19.0 Å². The second-order valence-corrected chi connectivity index (χ2v) is 6.50. The molecule has 0 bridgehead atoms. The number of anilines is 1. The standard InChI is InChI=1S/C21H17BrN2O5/c1-3-7-29-19-17(22)9-13(10-18(19)28-2)8-15(12-23)20(25)24-16-6-4-5-14(11-16)21(26)27/h3-6,8-11H,1,7H2,2H3,(H,24,25)(H,26,27)/b15-8-. The van der Waals surface area contributed by atoms with E-state index in [2.05, 4.69) is 27.8 Å². The van der Waals surface area contributed by atoms with Crippen molar-refractivity contribution in [3.05, 3.63) is 70.2 Å². The molecule has 148 valence electrons. The lowest BCUT2D eigenvalue weighted by atomic mass is 10.1. The maximum absolute atomic E-state index is 12.4. The van der Waals surface area contributed by atoms with Crippen LogP contribution in [0.15, 0.2) is 59.1 Å². The van der Waals surface area contributed by atoms with Crippen LogP contribution in [0.4, 0.5) is 5.69 Å². The molecule has 0 saturated carbocycles. The van der Waals surface area contributed by atoms with E-state index < -0.39 is 11.9 Å². The first-order valence-corrected chi connectivity index (χ1v) is 9.06. The van der Waals surface area contributed by atoms with Crippen molar-refractivity contribution >= 4 is 39.6 Å². The van der Waals surface area contributed by atoms with Crippen molar-refractivity contribution in [2.24, 2.45) is 0 Å². The Hall–Kier alpha value is -3.57. The van der Waals surface area contributed by atoms with Gasteiger partial charge >= 0.3 is 5.97 Å². The SMILES string of the molecule is C=CCOc1c(Br)cc(/C=C(/C#N)C(=O)Nc2cccc(C(=O)O)c2)cc1OC. The molecule has 0 spiro atoms. The molecule has 0 heterocycles.